The number of hydrogen-bond acceptors (Lipinski definition) is 5. The van der Waals surface area contributed by atoms with Crippen molar-refractivity contribution in [1.82, 2.24) is 0 Å². The molecule has 0 saturated carbocycles. The highest BCUT2D eigenvalue weighted by molar-refractivity contribution is 5.40. The molecule has 2 unspecified atom stereocenters. The lowest BCUT2D eigenvalue weighted by Crippen LogP contribution is -2.27. The monoisotopic (exact) mass is 212 g/mol. The number of methoxy groups -OCH3 is 1. The van der Waals surface area contributed by atoms with E-state index in [2.05, 4.69) is 0 Å². The molecule has 1 saturated heterocycles. The number of para-hydroxylation sites is 1. The summed E-state index contributed by atoms with van der Waals surface area (Å²) in [5.41, 5.74) is 0.295. The van der Waals surface area contributed by atoms with Gasteiger partial charge >= 0.3 is 0 Å². The molecule has 2 rings (SSSR count). The van der Waals surface area contributed by atoms with Gasteiger partial charge in [0, 0.05) is 0 Å². The molecule has 1 aliphatic rings. The quantitative estimate of drug-likeness (QED) is 0.591. The Hall–Kier alpha value is -1.14. The molecule has 0 amide bonds. The van der Waals surface area contributed by atoms with E-state index in [0.717, 1.165) is 0 Å². The highest BCUT2D eigenvalue weighted by atomic mass is 16.8. The third kappa shape index (κ3) is 1.32. The van der Waals surface area contributed by atoms with Crippen LogP contribution in [0.4, 0.5) is 0 Å². The van der Waals surface area contributed by atoms with Crippen molar-refractivity contribution in [1.29, 1.82) is 0 Å². The SMILES string of the molecule is COc1ccccc1C1(O)OC1(O)CO. The molecule has 0 radical (unpaired) electrons. The normalized spacial score (nSPS) is 33.9. The number of aliphatic hydroxyl groups is 3. The lowest BCUT2D eigenvalue weighted by atomic mass is 10.0. The highest BCUT2D eigenvalue weighted by Crippen LogP contribution is 2.53. The minimum Gasteiger partial charge on any atom is -0.496 e. The van der Waals surface area contributed by atoms with Crippen LogP contribution in [0.3, 0.4) is 0 Å². The summed E-state index contributed by atoms with van der Waals surface area (Å²) in [7, 11) is 1.45. The van der Waals surface area contributed by atoms with Crippen LogP contribution in [0.25, 0.3) is 0 Å². The Morgan fingerprint density at radius 3 is 2.53 bits per heavy atom. The summed E-state index contributed by atoms with van der Waals surface area (Å²) in [5, 5.41) is 28.3. The molecule has 1 heterocycles. The number of aliphatic hydroxyl groups excluding tert-OH is 1. The van der Waals surface area contributed by atoms with Crippen LogP contribution >= 0.6 is 0 Å². The molecular weight excluding hydrogens is 200 g/mol. The second-order valence-electron chi connectivity index (χ2n) is 3.39. The van der Waals surface area contributed by atoms with Gasteiger partial charge in [-0.25, -0.2) is 0 Å². The van der Waals surface area contributed by atoms with Gasteiger partial charge in [-0.3, -0.25) is 0 Å². The van der Waals surface area contributed by atoms with Crippen molar-refractivity contribution in [2.24, 2.45) is 0 Å². The van der Waals surface area contributed by atoms with E-state index in [1.54, 1.807) is 24.3 Å². The van der Waals surface area contributed by atoms with Crippen LogP contribution in [0.2, 0.25) is 0 Å². The van der Waals surface area contributed by atoms with Crippen molar-refractivity contribution in [3.8, 4) is 5.75 Å². The fourth-order valence-corrected chi connectivity index (χ4v) is 1.55. The van der Waals surface area contributed by atoms with E-state index in [9.17, 15) is 10.2 Å². The van der Waals surface area contributed by atoms with Crippen LogP contribution in [0.5, 0.6) is 5.75 Å². The third-order valence-corrected chi connectivity index (χ3v) is 2.49. The van der Waals surface area contributed by atoms with E-state index < -0.39 is 18.2 Å². The zero-order chi connectivity index (χ0) is 11.1. The first-order chi connectivity index (χ1) is 7.07. The van der Waals surface area contributed by atoms with Crippen molar-refractivity contribution in [2.75, 3.05) is 13.7 Å². The molecule has 1 aliphatic heterocycles. The molecule has 2 atom stereocenters. The lowest BCUT2D eigenvalue weighted by molar-refractivity contribution is -0.0240. The Morgan fingerprint density at radius 2 is 2.00 bits per heavy atom. The maximum Gasteiger partial charge on any atom is 0.257 e. The third-order valence-electron chi connectivity index (χ3n) is 2.49. The Morgan fingerprint density at radius 1 is 1.33 bits per heavy atom. The van der Waals surface area contributed by atoms with Crippen LogP contribution < -0.4 is 4.74 Å². The highest BCUT2D eigenvalue weighted by Gasteiger charge is 2.71. The van der Waals surface area contributed by atoms with Crippen molar-refractivity contribution in [3.63, 3.8) is 0 Å². The molecule has 82 valence electrons. The fourth-order valence-electron chi connectivity index (χ4n) is 1.55. The maximum atomic E-state index is 9.92. The van der Waals surface area contributed by atoms with Crippen molar-refractivity contribution in [3.05, 3.63) is 29.8 Å². The predicted octanol–water partition coefficient (Wildman–Crippen LogP) is -0.449. The molecule has 0 spiro atoms. The van der Waals surface area contributed by atoms with Gasteiger partial charge < -0.3 is 24.8 Å². The van der Waals surface area contributed by atoms with Gasteiger partial charge in [0.05, 0.1) is 12.7 Å². The summed E-state index contributed by atoms with van der Waals surface area (Å²) in [6.07, 6.45) is 0. The molecule has 3 N–H and O–H groups in total. The number of rotatable bonds is 3. The second-order valence-corrected chi connectivity index (χ2v) is 3.39. The van der Waals surface area contributed by atoms with Gasteiger partial charge in [0.2, 0.25) is 0 Å². The molecule has 0 aliphatic carbocycles. The first kappa shape index (κ1) is 10.4. The number of benzene rings is 1. The number of hydrogen-bond donors (Lipinski definition) is 3. The van der Waals surface area contributed by atoms with Crippen LogP contribution in [-0.4, -0.2) is 34.8 Å². The van der Waals surface area contributed by atoms with E-state index in [1.165, 1.54) is 7.11 Å². The molecule has 5 nitrogen and oxygen atoms in total. The van der Waals surface area contributed by atoms with Crippen molar-refractivity contribution < 1.29 is 24.8 Å². The van der Waals surface area contributed by atoms with Crippen LogP contribution in [-0.2, 0) is 10.5 Å². The fraction of sp³-hybridized carbons (Fsp3) is 0.400. The first-order valence-corrected chi connectivity index (χ1v) is 4.46. The van der Waals surface area contributed by atoms with Crippen molar-refractivity contribution >= 4 is 0 Å². The minimum absolute atomic E-state index is 0.295. The topological polar surface area (TPSA) is 82.5 Å². The first-order valence-electron chi connectivity index (χ1n) is 4.46. The van der Waals surface area contributed by atoms with E-state index >= 15 is 0 Å². The smallest absolute Gasteiger partial charge is 0.257 e. The molecular formula is C10H12O5. The molecule has 5 heteroatoms. The van der Waals surface area contributed by atoms with Gasteiger partial charge in [-0.05, 0) is 12.1 Å². The average Bonchev–Trinajstić information content (AvgIpc) is 2.84. The van der Waals surface area contributed by atoms with Crippen LogP contribution in [0, 0.1) is 0 Å². The zero-order valence-electron chi connectivity index (χ0n) is 8.17. The Kier molecular flexibility index (Phi) is 2.20. The predicted molar refractivity (Wildman–Crippen MR) is 50.0 cm³/mol. The summed E-state index contributed by atoms with van der Waals surface area (Å²) in [6.45, 7) is -0.679. The molecule has 1 fully saturated rings. The van der Waals surface area contributed by atoms with E-state index in [-0.39, 0.29) is 0 Å². The molecule has 1 aromatic carbocycles. The standard InChI is InChI=1S/C10H12O5/c1-14-8-5-3-2-4-7(8)10(13)9(12,6-11)15-10/h2-5,11-13H,6H2,1H3. The van der Waals surface area contributed by atoms with Gasteiger partial charge in [0.1, 0.15) is 12.4 Å². The molecule has 0 aromatic heterocycles. The van der Waals surface area contributed by atoms with Gasteiger partial charge in [0.25, 0.3) is 11.6 Å². The zero-order valence-corrected chi connectivity index (χ0v) is 8.17. The van der Waals surface area contributed by atoms with Gasteiger partial charge in [-0.15, -0.1) is 0 Å². The summed E-state index contributed by atoms with van der Waals surface area (Å²) in [6, 6.07) is 6.60. The minimum atomic E-state index is -1.93. The second kappa shape index (κ2) is 3.18. The van der Waals surface area contributed by atoms with E-state index in [4.69, 9.17) is 14.6 Å². The number of epoxide rings is 1. The average molecular weight is 212 g/mol. The molecule has 15 heavy (non-hydrogen) atoms. The van der Waals surface area contributed by atoms with E-state index in [0.29, 0.717) is 11.3 Å². The summed E-state index contributed by atoms with van der Waals surface area (Å²) in [4.78, 5) is 0. The lowest BCUT2D eigenvalue weighted by Gasteiger charge is -2.12. The van der Waals surface area contributed by atoms with Crippen LogP contribution in [0.15, 0.2) is 24.3 Å². The Labute approximate surface area is 86.5 Å². The maximum absolute atomic E-state index is 9.92. The summed E-state index contributed by atoms with van der Waals surface area (Å²) < 4.78 is 9.77. The molecule has 0 bridgehead atoms. The summed E-state index contributed by atoms with van der Waals surface area (Å²) >= 11 is 0. The number of ether oxygens (including phenoxy) is 2. The van der Waals surface area contributed by atoms with Gasteiger partial charge in [-0.1, -0.05) is 12.1 Å². The van der Waals surface area contributed by atoms with E-state index in [1.807, 2.05) is 0 Å². The Bertz CT molecular complexity index is 380. The van der Waals surface area contributed by atoms with Gasteiger partial charge in [0.15, 0.2) is 0 Å². The van der Waals surface area contributed by atoms with Gasteiger partial charge in [-0.2, -0.15) is 0 Å². The van der Waals surface area contributed by atoms with Crippen molar-refractivity contribution in [2.45, 2.75) is 11.6 Å². The largest absolute Gasteiger partial charge is 0.496 e. The Balaban J connectivity index is 2.40. The van der Waals surface area contributed by atoms with Crippen LogP contribution in [0.1, 0.15) is 5.56 Å². The molecule has 1 aromatic rings. The summed E-state index contributed by atoms with van der Waals surface area (Å²) in [5.74, 6) is -3.42.